The first-order chi connectivity index (χ1) is 10.4. The Hall–Kier alpha value is -2.41. The van der Waals surface area contributed by atoms with E-state index in [-0.39, 0.29) is 12.5 Å². The molecule has 2 aromatic rings. The summed E-state index contributed by atoms with van der Waals surface area (Å²) in [6, 6.07) is 4.95. The Balaban J connectivity index is 2.17. The summed E-state index contributed by atoms with van der Waals surface area (Å²) in [6.07, 6.45) is 1.66. The van der Waals surface area contributed by atoms with Gasteiger partial charge in [0.15, 0.2) is 0 Å². The Labute approximate surface area is 132 Å². The first kappa shape index (κ1) is 16.0. The van der Waals surface area contributed by atoms with Crippen molar-refractivity contribution in [3.63, 3.8) is 0 Å². The molecular weight excluding hydrogens is 304 g/mol. The Bertz CT molecular complexity index is 763. The van der Waals surface area contributed by atoms with Crippen molar-refractivity contribution >= 4 is 24.1 Å². The normalized spacial score (nSPS) is 10.3. The average molecular weight is 320 g/mol. The van der Waals surface area contributed by atoms with Crippen LogP contribution >= 0.6 is 12.2 Å². The zero-order valence-corrected chi connectivity index (χ0v) is 13.3. The van der Waals surface area contributed by atoms with Gasteiger partial charge in [-0.05, 0) is 25.1 Å². The predicted octanol–water partition coefficient (Wildman–Crippen LogP) is 2.70. The highest BCUT2D eigenvalue weighted by atomic mass is 32.1. The Morgan fingerprint density at radius 3 is 2.77 bits per heavy atom. The summed E-state index contributed by atoms with van der Waals surface area (Å²) in [4.78, 5) is 28.2. The molecule has 0 fully saturated rings. The average Bonchev–Trinajstić information content (AvgIpc) is 2.86. The lowest BCUT2D eigenvalue weighted by Crippen LogP contribution is -2.26. The van der Waals surface area contributed by atoms with Gasteiger partial charge in [-0.25, -0.2) is 4.79 Å². The van der Waals surface area contributed by atoms with Gasteiger partial charge in [0.1, 0.15) is 21.7 Å². The van der Waals surface area contributed by atoms with E-state index in [2.05, 4.69) is 9.72 Å². The number of H-pyrrole nitrogens is 1. The molecule has 0 unspecified atom stereocenters. The number of aryl methyl sites for hydroxylation is 1. The first-order valence-corrected chi connectivity index (χ1v) is 6.95. The van der Waals surface area contributed by atoms with Gasteiger partial charge < -0.3 is 19.0 Å². The molecule has 6 nitrogen and oxygen atoms in total. The van der Waals surface area contributed by atoms with Gasteiger partial charge in [-0.1, -0.05) is 12.2 Å². The lowest BCUT2D eigenvalue weighted by Gasteiger charge is -2.15. The monoisotopic (exact) mass is 320 g/mol. The molecule has 1 N–H and O–H groups in total. The van der Waals surface area contributed by atoms with Crippen LogP contribution < -0.4 is 0 Å². The summed E-state index contributed by atoms with van der Waals surface area (Å²) in [5.41, 5.74) is 0.770. The largest absolute Gasteiger partial charge is 0.465 e. The quantitative estimate of drug-likeness (QED) is 0.692. The first-order valence-electron chi connectivity index (χ1n) is 6.54. The number of methoxy groups -OCH3 is 1. The molecule has 0 spiro atoms. The molecule has 0 saturated carbocycles. The fraction of sp³-hybridized carbons (Fsp3) is 0.267. The highest BCUT2D eigenvalue weighted by Crippen LogP contribution is 2.17. The van der Waals surface area contributed by atoms with E-state index in [1.165, 1.54) is 12.0 Å². The van der Waals surface area contributed by atoms with Crippen LogP contribution in [0.2, 0.25) is 0 Å². The number of pyridine rings is 1. The summed E-state index contributed by atoms with van der Waals surface area (Å²) >= 11 is 5.10. The van der Waals surface area contributed by atoms with Crippen molar-refractivity contribution in [2.24, 2.45) is 0 Å². The molecule has 7 heteroatoms. The van der Waals surface area contributed by atoms with Crippen LogP contribution in [-0.2, 0) is 11.3 Å². The van der Waals surface area contributed by atoms with Gasteiger partial charge in [-0.15, -0.1) is 0 Å². The molecule has 0 aliphatic rings. The molecule has 2 aromatic heterocycles. The fourth-order valence-electron chi connectivity index (χ4n) is 2.04. The van der Waals surface area contributed by atoms with E-state index in [0.717, 1.165) is 0 Å². The van der Waals surface area contributed by atoms with Gasteiger partial charge in [-0.2, -0.15) is 0 Å². The van der Waals surface area contributed by atoms with E-state index in [1.807, 2.05) is 0 Å². The number of ether oxygens (including phenoxy) is 1. The van der Waals surface area contributed by atoms with E-state index < -0.39 is 5.97 Å². The number of furan rings is 1. The summed E-state index contributed by atoms with van der Waals surface area (Å²) in [5.74, 6) is 0.266. The lowest BCUT2D eigenvalue weighted by molar-refractivity contribution is 0.0598. The number of hydrogen-bond donors (Lipinski definition) is 1. The van der Waals surface area contributed by atoms with Crippen LogP contribution in [0.3, 0.4) is 0 Å². The zero-order chi connectivity index (χ0) is 16.3. The van der Waals surface area contributed by atoms with Crippen LogP contribution in [0.1, 0.15) is 32.2 Å². The summed E-state index contributed by atoms with van der Waals surface area (Å²) in [6.45, 7) is 1.89. The molecule has 2 rings (SSSR count). The maximum atomic E-state index is 12.4. The number of amides is 1. The molecule has 0 aliphatic carbocycles. The molecule has 0 bridgehead atoms. The number of carbonyl (C=O) groups is 2. The minimum absolute atomic E-state index is 0.223. The van der Waals surface area contributed by atoms with Gasteiger partial charge in [0, 0.05) is 13.2 Å². The van der Waals surface area contributed by atoms with Crippen molar-refractivity contribution in [2.75, 3.05) is 14.2 Å². The molecule has 0 aromatic carbocycles. The SMILES string of the molecule is COC(=O)c1cc(CN(C)C(=O)c2ccc[nH]c2=S)oc1C. The maximum absolute atomic E-state index is 12.4. The number of aromatic nitrogens is 1. The number of aromatic amines is 1. The number of esters is 1. The van der Waals surface area contributed by atoms with Gasteiger partial charge in [0.05, 0.1) is 19.2 Å². The van der Waals surface area contributed by atoms with E-state index in [0.29, 0.717) is 27.3 Å². The van der Waals surface area contributed by atoms with Crippen molar-refractivity contribution in [2.45, 2.75) is 13.5 Å². The van der Waals surface area contributed by atoms with E-state index in [1.54, 1.807) is 38.4 Å². The Kier molecular flexibility index (Phi) is 4.77. The van der Waals surface area contributed by atoms with Crippen LogP contribution in [0.5, 0.6) is 0 Å². The topological polar surface area (TPSA) is 75.5 Å². The minimum atomic E-state index is -0.466. The van der Waals surface area contributed by atoms with E-state index in [9.17, 15) is 9.59 Å². The second-order valence-electron chi connectivity index (χ2n) is 4.75. The number of carbonyl (C=O) groups excluding carboxylic acids is 2. The molecule has 0 atom stereocenters. The lowest BCUT2D eigenvalue weighted by atomic mass is 10.2. The van der Waals surface area contributed by atoms with Crippen molar-refractivity contribution in [3.8, 4) is 0 Å². The molecule has 1 amide bonds. The Morgan fingerprint density at radius 1 is 1.41 bits per heavy atom. The van der Waals surface area contributed by atoms with Crippen LogP contribution in [-0.4, -0.2) is 35.9 Å². The van der Waals surface area contributed by atoms with Gasteiger partial charge in [0.25, 0.3) is 5.91 Å². The standard InChI is InChI=1S/C15H16N2O4S/c1-9-12(15(19)20-3)7-10(21-9)8-17(2)14(18)11-5-4-6-16-13(11)22/h4-7H,8H2,1-3H3,(H,16,22). The van der Waals surface area contributed by atoms with Gasteiger partial charge >= 0.3 is 5.97 Å². The third kappa shape index (κ3) is 3.25. The molecule has 0 aliphatic heterocycles. The highest BCUT2D eigenvalue weighted by Gasteiger charge is 2.19. The van der Waals surface area contributed by atoms with E-state index in [4.69, 9.17) is 16.6 Å². The summed E-state index contributed by atoms with van der Waals surface area (Å²) in [5, 5.41) is 0. The third-order valence-electron chi connectivity index (χ3n) is 3.16. The number of nitrogens with one attached hydrogen (secondary N) is 1. The second kappa shape index (κ2) is 6.57. The van der Waals surface area contributed by atoms with Crippen LogP contribution in [0.15, 0.2) is 28.8 Å². The van der Waals surface area contributed by atoms with Crippen molar-refractivity contribution < 1.29 is 18.7 Å². The number of hydrogen-bond acceptors (Lipinski definition) is 5. The molecular formula is C15H16N2O4S. The number of nitrogens with zero attached hydrogens (tertiary/aromatic N) is 1. The zero-order valence-electron chi connectivity index (χ0n) is 12.5. The molecule has 22 heavy (non-hydrogen) atoms. The highest BCUT2D eigenvalue weighted by molar-refractivity contribution is 7.71. The number of rotatable bonds is 4. The summed E-state index contributed by atoms with van der Waals surface area (Å²) in [7, 11) is 2.95. The third-order valence-corrected chi connectivity index (χ3v) is 3.50. The van der Waals surface area contributed by atoms with Crippen LogP contribution in [0.4, 0.5) is 0 Å². The Morgan fingerprint density at radius 2 is 2.14 bits per heavy atom. The van der Waals surface area contributed by atoms with Crippen molar-refractivity contribution in [1.82, 2.24) is 9.88 Å². The molecule has 2 heterocycles. The predicted molar refractivity (Wildman–Crippen MR) is 82.2 cm³/mol. The minimum Gasteiger partial charge on any atom is -0.465 e. The van der Waals surface area contributed by atoms with Gasteiger partial charge in [0.2, 0.25) is 0 Å². The molecule has 0 saturated heterocycles. The second-order valence-corrected chi connectivity index (χ2v) is 5.16. The smallest absolute Gasteiger partial charge is 0.341 e. The molecule has 116 valence electrons. The molecule has 0 radical (unpaired) electrons. The van der Waals surface area contributed by atoms with Crippen molar-refractivity contribution in [3.05, 3.63) is 51.7 Å². The fourth-order valence-corrected chi connectivity index (χ4v) is 2.26. The summed E-state index contributed by atoms with van der Waals surface area (Å²) < 4.78 is 10.5. The van der Waals surface area contributed by atoms with Crippen molar-refractivity contribution in [1.29, 1.82) is 0 Å². The van der Waals surface area contributed by atoms with Crippen LogP contribution in [0.25, 0.3) is 0 Å². The van der Waals surface area contributed by atoms with Crippen LogP contribution in [0, 0.1) is 11.6 Å². The maximum Gasteiger partial charge on any atom is 0.341 e. The van der Waals surface area contributed by atoms with Gasteiger partial charge in [-0.3, -0.25) is 4.79 Å². The van der Waals surface area contributed by atoms with E-state index >= 15 is 0 Å².